The predicted molar refractivity (Wildman–Crippen MR) is 76.1 cm³/mol. The van der Waals surface area contributed by atoms with Crippen LogP contribution in [0.25, 0.3) is 0 Å². The maximum atomic E-state index is 6.09. The van der Waals surface area contributed by atoms with Crippen LogP contribution < -0.4 is 5.73 Å². The molecule has 0 saturated carbocycles. The molecule has 17 heavy (non-hydrogen) atoms. The standard InChI is InChI=1S/C14H22BrNO/c1-14(2,3)17-8-7-13(16)10-11-5-4-6-12(15)9-11/h4-6,9,13H,7-8,10,16H2,1-3H3. The highest BCUT2D eigenvalue weighted by molar-refractivity contribution is 9.10. The number of nitrogens with two attached hydrogens (primary N) is 1. The summed E-state index contributed by atoms with van der Waals surface area (Å²) in [6, 6.07) is 8.45. The Labute approximate surface area is 113 Å². The first-order valence-electron chi connectivity index (χ1n) is 6.01. The lowest BCUT2D eigenvalue weighted by Crippen LogP contribution is -2.27. The molecule has 0 amide bonds. The Morgan fingerprint density at radius 1 is 1.35 bits per heavy atom. The van der Waals surface area contributed by atoms with Crippen molar-refractivity contribution in [3.8, 4) is 0 Å². The van der Waals surface area contributed by atoms with Gasteiger partial charge in [-0.05, 0) is 51.3 Å². The quantitative estimate of drug-likeness (QED) is 0.903. The summed E-state index contributed by atoms with van der Waals surface area (Å²) in [6.45, 7) is 6.91. The first kappa shape index (κ1) is 14.7. The number of hydrogen-bond acceptors (Lipinski definition) is 2. The van der Waals surface area contributed by atoms with Crippen molar-refractivity contribution in [2.24, 2.45) is 5.73 Å². The third-order valence-corrected chi connectivity index (χ3v) is 2.90. The van der Waals surface area contributed by atoms with Crippen LogP contribution in [0.1, 0.15) is 32.8 Å². The van der Waals surface area contributed by atoms with Crippen LogP contribution in [-0.2, 0) is 11.2 Å². The number of ether oxygens (including phenoxy) is 1. The summed E-state index contributed by atoms with van der Waals surface area (Å²) < 4.78 is 6.78. The van der Waals surface area contributed by atoms with Gasteiger partial charge in [0, 0.05) is 17.1 Å². The fraction of sp³-hybridized carbons (Fsp3) is 0.571. The number of hydrogen-bond donors (Lipinski definition) is 1. The Balaban J connectivity index is 2.32. The van der Waals surface area contributed by atoms with Gasteiger partial charge in [-0.3, -0.25) is 0 Å². The average molecular weight is 300 g/mol. The van der Waals surface area contributed by atoms with Gasteiger partial charge in [-0.25, -0.2) is 0 Å². The summed E-state index contributed by atoms with van der Waals surface area (Å²) in [5.74, 6) is 0. The minimum Gasteiger partial charge on any atom is -0.376 e. The summed E-state index contributed by atoms with van der Waals surface area (Å²) in [5.41, 5.74) is 7.28. The third kappa shape index (κ3) is 6.81. The van der Waals surface area contributed by atoms with Gasteiger partial charge < -0.3 is 10.5 Å². The highest BCUT2D eigenvalue weighted by Crippen LogP contribution is 2.14. The molecule has 0 aliphatic rings. The molecule has 1 aromatic rings. The molecule has 96 valence electrons. The Bertz CT molecular complexity index is 346. The predicted octanol–water partition coefficient (Wildman–Crippen LogP) is 3.52. The van der Waals surface area contributed by atoms with E-state index in [4.69, 9.17) is 10.5 Å². The normalized spacial score (nSPS) is 13.7. The zero-order chi connectivity index (χ0) is 12.9. The van der Waals surface area contributed by atoms with E-state index in [9.17, 15) is 0 Å². The molecule has 0 saturated heterocycles. The van der Waals surface area contributed by atoms with Crippen LogP contribution in [0, 0.1) is 0 Å². The van der Waals surface area contributed by atoms with Crippen LogP contribution in [0.4, 0.5) is 0 Å². The molecule has 0 aliphatic heterocycles. The van der Waals surface area contributed by atoms with Crippen LogP contribution in [0.2, 0.25) is 0 Å². The van der Waals surface area contributed by atoms with E-state index >= 15 is 0 Å². The first-order valence-corrected chi connectivity index (χ1v) is 6.80. The van der Waals surface area contributed by atoms with Crippen LogP contribution in [0.5, 0.6) is 0 Å². The van der Waals surface area contributed by atoms with Gasteiger partial charge in [0.15, 0.2) is 0 Å². The van der Waals surface area contributed by atoms with Crippen molar-refractivity contribution in [3.63, 3.8) is 0 Å². The highest BCUT2D eigenvalue weighted by atomic mass is 79.9. The molecule has 1 aromatic carbocycles. The second-order valence-corrected chi connectivity index (χ2v) is 6.26. The van der Waals surface area contributed by atoms with E-state index in [1.807, 2.05) is 12.1 Å². The monoisotopic (exact) mass is 299 g/mol. The molecule has 1 rings (SSSR count). The molecule has 2 nitrogen and oxygen atoms in total. The molecular formula is C14H22BrNO. The largest absolute Gasteiger partial charge is 0.376 e. The summed E-state index contributed by atoms with van der Waals surface area (Å²) in [5, 5.41) is 0. The Morgan fingerprint density at radius 2 is 2.06 bits per heavy atom. The van der Waals surface area contributed by atoms with Gasteiger partial charge >= 0.3 is 0 Å². The minimum absolute atomic E-state index is 0.0739. The second-order valence-electron chi connectivity index (χ2n) is 5.34. The number of rotatable bonds is 5. The van der Waals surface area contributed by atoms with Crippen LogP contribution in [0.15, 0.2) is 28.7 Å². The van der Waals surface area contributed by atoms with E-state index in [0.29, 0.717) is 0 Å². The van der Waals surface area contributed by atoms with Crippen LogP contribution in [-0.4, -0.2) is 18.2 Å². The highest BCUT2D eigenvalue weighted by Gasteiger charge is 2.11. The number of halogens is 1. The lowest BCUT2D eigenvalue weighted by molar-refractivity contribution is -0.00595. The lowest BCUT2D eigenvalue weighted by atomic mass is 10.0. The van der Waals surface area contributed by atoms with Crippen molar-refractivity contribution < 1.29 is 4.74 Å². The van der Waals surface area contributed by atoms with Gasteiger partial charge in [0.1, 0.15) is 0 Å². The Hall–Kier alpha value is -0.380. The molecule has 0 heterocycles. The Morgan fingerprint density at radius 3 is 2.65 bits per heavy atom. The molecular weight excluding hydrogens is 278 g/mol. The topological polar surface area (TPSA) is 35.2 Å². The summed E-state index contributed by atoms with van der Waals surface area (Å²) in [7, 11) is 0. The van der Waals surface area contributed by atoms with Gasteiger partial charge in [-0.2, -0.15) is 0 Å². The summed E-state index contributed by atoms with van der Waals surface area (Å²) in [4.78, 5) is 0. The van der Waals surface area contributed by atoms with Crippen molar-refractivity contribution in [3.05, 3.63) is 34.3 Å². The lowest BCUT2D eigenvalue weighted by Gasteiger charge is -2.21. The fourth-order valence-electron chi connectivity index (χ4n) is 1.59. The summed E-state index contributed by atoms with van der Waals surface area (Å²) in [6.07, 6.45) is 1.79. The first-order chi connectivity index (χ1) is 7.87. The van der Waals surface area contributed by atoms with Gasteiger partial charge in [-0.1, -0.05) is 28.1 Å². The van der Waals surface area contributed by atoms with E-state index in [0.717, 1.165) is 23.9 Å². The molecule has 0 aliphatic carbocycles. The van der Waals surface area contributed by atoms with Gasteiger partial charge in [0.25, 0.3) is 0 Å². The maximum Gasteiger partial charge on any atom is 0.0598 e. The van der Waals surface area contributed by atoms with E-state index in [1.54, 1.807) is 0 Å². The van der Waals surface area contributed by atoms with Gasteiger partial charge in [0.05, 0.1) is 5.60 Å². The van der Waals surface area contributed by atoms with E-state index in [-0.39, 0.29) is 11.6 Å². The van der Waals surface area contributed by atoms with E-state index < -0.39 is 0 Å². The van der Waals surface area contributed by atoms with Gasteiger partial charge in [0.2, 0.25) is 0 Å². The van der Waals surface area contributed by atoms with E-state index in [2.05, 4.69) is 48.8 Å². The molecule has 0 radical (unpaired) electrons. The SMILES string of the molecule is CC(C)(C)OCCC(N)Cc1cccc(Br)c1. The van der Waals surface area contributed by atoms with Crippen molar-refractivity contribution in [2.45, 2.75) is 45.3 Å². The molecule has 0 fully saturated rings. The van der Waals surface area contributed by atoms with Gasteiger partial charge in [-0.15, -0.1) is 0 Å². The van der Waals surface area contributed by atoms with Crippen LogP contribution in [0.3, 0.4) is 0 Å². The van der Waals surface area contributed by atoms with Crippen LogP contribution >= 0.6 is 15.9 Å². The van der Waals surface area contributed by atoms with Crippen molar-refractivity contribution in [2.75, 3.05) is 6.61 Å². The molecule has 1 atom stereocenters. The third-order valence-electron chi connectivity index (χ3n) is 2.41. The second kappa shape index (κ2) is 6.53. The maximum absolute atomic E-state index is 6.09. The molecule has 0 bridgehead atoms. The number of benzene rings is 1. The zero-order valence-electron chi connectivity index (χ0n) is 10.9. The summed E-state index contributed by atoms with van der Waals surface area (Å²) >= 11 is 3.47. The molecule has 0 spiro atoms. The molecule has 3 heteroatoms. The smallest absolute Gasteiger partial charge is 0.0598 e. The van der Waals surface area contributed by atoms with Crippen molar-refractivity contribution in [1.29, 1.82) is 0 Å². The van der Waals surface area contributed by atoms with E-state index in [1.165, 1.54) is 5.56 Å². The molecule has 2 N–H and O–H groups in total. The van der Waals surface area contributed by atoms with Crippen molar-refractivity contribution in [1.82, 2.24) is 0 Å². The Kier molecular flexibility index (Phi) is 5.63. The molecule has 1 unspecified atom stereocenters. The molecule has 0 aromatic heterocycles. The zero-order valence-corrected chi connectivity index (χ0v) is 12.5. The fourth-order valence-corrected chi connectivity index (χ4v) is 2.03. The minimum atomic E-state index is -0.0739. The average Bonchev–Trinajstić information content (AvgIpc) is 2.15. The van der Waals surface area contributed by atoms with Crippen molar-refractivity contribution >= 4 is 15.9 Å².